The first-order valence-corrected chi connectivity index (χ1v) is 5.80. The Morgan fingerprint density at radius 1 is 1.31 bits per heavy atom. The number of rotatable bonds is 2. The van der Waals surface area contributed by atoms with Crippen molar-refractivity contribution in [2.75, 3.05) is 6.26 Å². The van der Waals surface area contributed by atoms with Crippen LogP contribution < -0.4 is 4.18 Å². The minimum Gasteiger partial charge on any atom is -0.381 e. The van der Waals surface area contributed by atoms with Gasteiger partial charge in [-0.3, -0.25) is 0 Å². The third-order valence-corrected chi connectivity index (χ3v) is 2.16. The molecule has 6 heteroatoms. The van der Waals surface area contributed by atoms with Crippen LogP contribution in [0.5, 0.6) is 5.75 Å². The predicted molar refractivity (Wildman–Crippen MR) is 51.9 cm³/mol. The average Bonchev–Trinajstić information content (AvgIpc) is 1.94. The lowest BCUT2D eigenvalue weighted by molar-refractivity contribution is 0.493. The SMILES string of the molecule is CS(=O)(=O)Oc1cc(Cl)ccc1Cl. The van der Waals surface area contributed by atoms with E-state index in [0.717, 1.165) is 6.26 Å². The number of hydrogen-bond donors (Lipinski definition) is 0. The van der Waals surface area contributed by atoms with Crippen LogP contribution in [0.4, 0.5) is 0 Å². The molecule has 1 aromatic carbocycles. The average molecular weight is 241 g/mol. The van der Waals surface area contributed by atoms with Gasteiger partial charge in [0.25, 0.3) is 0 Å². The summed E-state index contributed by atoms with van der Waals surface area (Å²) in [7, 11) is -3.56. The summed E-state index contributed by atoms with van der Waals surface area (Å²) in [5, 5.41) is 0.567. The van der Waals surface area contributed by atoms with Crippen LogP contribution in [0.2, 0.25) is 10.0 Å². The summed E-state index contributed by atoms with van der Waals surface area (Å²) in [5.41, 5.74) is 0. The van der Waals surface area contributed by atoms with Crippen molar-refractivity contribution < 1.29 is 12.6 Å². The van der Waals surface area contributed by atoms with E-state index in [2.05, 4.69) is 4.18 Å². The normalized spacial score (nSPS) is 11.3. The second-order valence-corrected chi connectivity index (χ2v) is 4.78. The molecule has 0 aliphatic carbocycles. The van der Waals surface area contributed by atoms with Gasteiger partial charge in [-0.1, -0.05) is 23.2 Å². The Morgan fingerprint density at radius 2 is 1.92 bits per heavy atom. The third-order valence-electron chi connectivity index (χ3n) is 1.13. The van der Waals surface area contributed by atoms with E-state index >= 15 is 0 Å². The Hall–Kier alpha value is -0.450. The van der Waals surface area contributed by atoms with Gasteiger partial charge >= 0.3 is 10.1 Å². The molecule has 0 N–H and O–H groups in total. The molecule has 0 atom stereocenters. The zero-order valence-electron chi connectivity index (χ0n) is 6.62. The van der Waals surface area contributed by atoms with Crippen LogP contribution in [-0.4, -0.2) is 14.7 Å². The van der Waals surface area contributed by atoms with E-state index in [1.165, 1.54) is 12.1 Å². The molecule has 0 radical (unpaired) electrons. The summed E-state index contributed by atoms with van der Waals surface area (Å²) in [6, 6.07) is 4.34. The zero-order chi connectivity index (χ0) is 10.1. The summed E-state index contributed by atoms with van der Waals surface area (Å²) >= 11 is 11.3. The van der Waals surface area contributed by atoms with Gasteiger partial charge in [0.05, 0.1) is 11.3 Å². The van der Waals surface area contributed by atoms with E-state index in [0.29, 0.717) is 5.02 Å². The van der Waals surface area contributed by atoms with Crippen LogP contribution in [0, 0.1) is 0 Å². The van der Waals surface area contributed by atoms with Crippen LogP contribution in [0.3, 0.4) is 0 Å². The van der Waals surface area contributed by atoms with E-state index in [4.69, 9.17) is 23.2 Å². The van der Waals surface area contributed by atoms with Crippen molar-refractivity contribution in [3.8, 4) is 5.75 Å². The largest absolute Gasteiger partial charge is 0.381 e. The molecule has 0 aliphatic heterocycles. The zero-order valence-corrected chi connectivity index (χ0v) is 8.95. The number of hydrogen-bond acceptors (Lipinski definition) is 3. The van der Waals surface area contributed by atoms with Crippen molar-refractivity contribution >= 4 is 33.3 Å². The first kappa shape index (κ1) is 10.6. The topological polar surface area (TPSA) is 43.4 Å². The summed E-state index contributed by atoms with van der Waals surface area (Å²) in [6.45, 7) is 0. The molecule has 3 nitrogen and oxygen atoms in total. The van der Waals surface area contributed by atoms with Crippen molar-refractivity contribution in [2.45, 2.75) is 0 Å². The molecule has 0 amide bonds. The summed E-state index contributed by atoms with van der Waals surface area (Å²) in [4.78, 5) is 0. The Labute approximate surface area is 86.4 Å². The van der Waals surface area contributed by atoms with Gasteiger partial charge in [-0.2, -0.15) is 8.42 Å². The maximum atomic E-state index is 10.7. The van der Waals surface area contributed by atoms with Crippen molar-refractivity contribution in [3.63, 3.8) is 0 Å². The van der Waals surface area contributed by atoms with E-state index < -0.39 is 10.1 Å². The third kappa shape index (κ3) is 3.42. The van der Waals surface area contributed by atoms with E-state index in [1.807, 2.05) is 0 Å². The molecule has 13 heavy (non-hydrogen) atoms. The quantitative estimate of drug-likeness (QED) is 0.746. The van der Waals surface area contributed by atoms with Crippen LogP contribution >= 0.6 is 23.2 Å². The van der Waals surface area contributed by atoms with Crippen molar-refractivity contribution in [1.82, 2.24) is 0 Å². The highest BCUT2D eigenvalue weighted by Gasteiger charge is 2.08. The molecule has 72 valence electrons. The Morgan fingerprint density at radius 3 is 2.46 bits per heavy atom. The molecule has 0 spiro atoms. The van der Waals surface area contributed by atoms with E-state index in [9.17, 15) is 8.42 Å². The molecule has 0 aliphatic rings. The number of halogens is 2. The molecule has 1 aromatic rings. The highest BCUT2D eigenvalue weighted by Crippen LogP contribution is 2.28. The Kier molecular flexibility index (Phi) is 3.05. The fourth-order valence-corrected chi connectivity index (χ4v) is 1.53. The first-order chi connectivity index (χ1) is 5.88. The summed E-state index contributed by atoms with van der Waals surface area (Å²) < 4.78 is 26.0. The molecule has 0 bridgehead atoms. The van der Waals surface area contributed by atoms with Crippen molar-refractivity contribution in [2.24, 2.45) is 0 Å². The smallest absolute Gasteiger partial charge is 0.306 e. The van der Waals surface area contributed by atoms with Crippen LogP contribution in [0.1, 0.15) is 0 Å². The lowest BCUT2D eigenvalue weighted by Gasteiger charge is -2.04. The van der Waals surface area contributed by atoms with Crippen molar-refractivity contribution in [3.05, 3.63) is 28.2 Å². The van der Waals surface area contributed by atoms with Gasteiger partial charge in [-0.15, -0.1) is 0 Å². The van der Waals surface area contributed by atoms with Gasteiger partial charge < -0.3 is 4.18 Å². The molecular formula is C7H6Cl2O3S. The monoisotopic (exact) mass is 240 g/mol. The molecule has 0 unspecified atom stereocenters. The van der Waals surface area contributed by atoms with Gasteiger partial charge in [-0.25, -0.2) is 0 Å². The van der Waals surface area contributed by atoms with Gasteiger partial charge in [-0.05, 0) is 12.1 Å². The number of benzene rings is 1. The lowest BCUT2D eigenvalue weighted by Crippen LogP contribution is -2.05. The van der Waals surface area contributed by atoms with Crippen LogP contribution in [0.15, 0.2) is 18.2 Å². The molecular weight excluding hydrogens is 235 g/mol. The van der Waals surface area contributed by atoms with Crippen molar-refractivity contribution in [1.29, 1.82) is 0 Å². The lowest BCUT2D eigenvalue weighted by atomic mass is 10.3. The standard InChI is InChI=1S/C7H6Cl2O3S/c1-13(10,11)12-7-4-5(8)2-3-6(7)9/h2-4H,1H3. The molecule has 1 rings (SSSR count). The highest BCUT2D eigenvalue weighted by atomic mass is 35.5. The molecule has 0 saturated heterocycles. The maximum absolute atomic E-state index is 10.7. The van der Waals surface area contributed by atoms with Gasteiger partial charge in [0.2, 0.25) is 0 Å². The fraction of sp³-hybridized carbons (Fsp3) is 0.143. The van der Waals surface area contributed by atoms with E-state index in [-0.39, 0.29) is 10.8 Å². The Balaban J connectivity index is 3.08. The first-order valence-electron chi connectivity index (χ1n) is 3.23. The summed E-state index contributed by atoms with van der Waals surface area (Å²) in [5.74, 6) is 0.0386. The van der Waals surface area contributed by atoms with Crippen LogP contribution in [-0.2, 0) is 10.1 Å². The van der Waals surface area contributed by atoms with Gasteiger partial charge in [0.15, 0.2) is 5.75 Å². The summed E-state index contributed by atoms with van der Waals surface area (Å²) in [6.07, 6.45) is 0.935. The van der Waals surface area contributed by atoms with Gasteiger partial charge in [0, 0.05) is 11.1 Å². The Bertz CT molecular complexity index is 414. The van der Waals surface area contributed by atoms with Gasteiger partial charge in [0.1, 0.15) is 0 Å². The minimum atomic E-state index is -3.56. The molecule has 0 heterocycles. The van der Waals surface area contributed by atoms with E-state index in [1.54, 1.807) is 6.07 Å². The maximum Gasteiger partial charge on any atom is 0.306 e. The predicted octanol–water partition coefficient (Wildman–Crippen LogP) is 2.33. The minimum absolute atomic E-state index is 0.0386. The fourth-order valence-electron chi connectivity index (χ4n) is 0.704. The molecule has 0 aromatic heterocycles. The highest BCUT2D eigenvalue weighted by molar-refractivity contribution is 7.86. The van der Waals surface area contributed by atoms with Crippen LogP contribution in [0.25, 0.3) is 0 Å². The molecule has 0 saturated carbocycles. The molecule has 0 fully saturated rings. The second kappa shape index (κ2) is 3.74. The second-order valence-electron chi connectivity index (χ2n) is 2.36.